The maximum absolute atomic E-state index is 12.3. The molecule has 2 aliphatic heterocycles. The maximum Gasteiger partial charge on any atom is 0.303 e. The number of nitrogens with zero attached hydrogens (tertiary/aromatic N) is 1. The number of nitrogens with two attached hydrogens (primary N) is 1. The molecule has 5 heteroatoms. The summed E-state index contributed by atoms with van der Waals surface area (Å²) in [5, 5.41) is 8.86. The van der Waals surface area contributed by atoms with Crippen molar-refractivity contribution in [2.75, 3.05) is 0 Å². The molecule has 5 nitrogen and oxygen atoms in total. The number of piperidine rings is 1. The molecule has 2 bridgehead atoms. The zero-order valence-corrected chi connectivity index (χ0v) is 11.1. The van der Waals surface area contributed by atoms with Crippen molar-refractivity contribution >= 4 is 11.9 Å². The van der Waals surface area contributed by atoms with Crippen molar-refractivity contribution in [1.29, 1.82) is 0 Å². The van der Waals surface area contributed by atoms with Crippen molar-refractivity contribution in [2.45, 2.75) is 63.6 Å². The fourth-order valence-corrected chi connectivity index (χ4v) is 3.37. The van der Waals surface area contributed by atoms with Crippen LogP contribution in [-0.4, -0.2) is 39.5 Å². The van der Waals surface area contributed by atoms with Crippen LogP contribution in [0.25, 0.3) is 0 Å². The van der Waals surface area contributed by atoms with Gasteiger partial charge >= 0.3 is 5.97 Å². The van der Waals surface area contributed by atoms with Crippen LogP contribution >= 0.6 is 0 Å². The van der Waals surface area contributed by atoms with Gasteiger partial charge in [0.2, 0.25) is 5.91 Å². The first-order chi connectivity index (χ1) is 8.29. The topological polar surface area (TPSA) is 83.6 Å². The first-order valence-corrected chi connectivity index (χ1v) is 6.62. The second-order valence-corrected chi connectivity index (χ2v) is 6.25. The molecule has 2 unspecified atom stereocenters. The van der Waals surface area contributed by atoms with Crippen LogP contribution in [0.1, 0.15) is 46.0 Å². The lowest BCUT2D eigenvalue weighted by molar-refractivity contribution is -0.142. The Kier molecular flexibility index (Phi) is 3.36. The van der Waals surface area contributed by atoms with Gasteiger partial charge in [-0.3, -0.25) is 9.59 Å². The Labute approximate surface area is 107 Å². The SMILES string of the molecule is CC(C)(N)C(=O)N1C2CCC1CC(CC(=O)O)C2. The number of carbonyl (C=O) groups excluding carboxylic acids is 1. The van der Waals surface area contributed by atoms with E-state index >= 15 is 0 Å². The Morgan fingerprint density at radius 3 is 2.17 bits per heavy atom. The standard InChI is InChI=1S/C13H22N2O3/c1-13(2,14)12(18)15-9-3-4-10(15)6-8(5-9)7-11(16)17/h8-10H,3-7,14H2,1-2H3,(H,16,17). The van der Waals surface area contributed by atoms with Gasteiger partial charge in [-0.15, -0.1) is 0 Å². The van der Waals surface area contributed by atoms with Crippen molar-refractivity contribution in [2.24, 2.45) is 11.7 Å². The summed E-state index contributed by atoms with van der Waals surface area (Å²) in [5.41, 5.74) is 5.06. The Hall–Kier alpha value is -1.10. The van der Waals surface area contributed by atoms with Crippen molar-refractivity contribution < 1.29 is 14.7 Å². The minimum absolute atomic E-state index is 0.00350. The van der Waals surface area contributed by atoms with Gasteiger partial charge in [0.1, 0.15) is 0 Å². The highest BCUT2D eigenvalue weighted by atomic mass is 16.4. The van der Waals surface area contributed by atoms with Crippen molar-refractivity contribution in [1.82, 2.24) is 4.90 Å². The first kappa shape index (κ1) is 13.3. The summed E-state index contributed by atoms with van der Waals surface area (Å²) in [6, 6.07) is 0.395. The minimum Gasteiger partial charge on any atom is -0.481 e. The molecule has 2 saturated heterocycles. The van der Waals surface area contributed by atoms with E-state index in [0.717, 1.165) is 25.7 Å². The predicted octanol–water partition coefficient (Wildman–Crippen LogP) is 0.968. The Bertz CT molecular complexity index is 348. The summed E-state index contributed by atoms with van der Waals surface area (Å²) in [6.45, 7) is 3.47. The molecule has 3 N–H and O–H groups in total. The number of hydrogen-bond acceptors (Lipinski definition) is 3. The molecule has 102 valence electrons. The van der Waals surface area contributed by atoms with Crippen LogP contribution in [0, 0.1) is 5.92 Å². The molecule has 0 aliphatic carbocycles. The lowest BCUT2D eigenvalue weighted by atomic mass is 9.87. The summed E-state index contributed by atoms with van der Waals surface area (Å²) in [4.78, 5) is 25.0. The van der Waals surface area contributed by atoms with Crippen LogP contribution in [0.3, 0.4) is 0 Å². The molecule has 2 rings (SSSR count). The van der Waals surface area contributed by atoms with Crippen LogP contribution in [0.4, 0.5) is 0 Å². The predicted molar refractivity (Wildman–Crippen MR) is 66.9 cm³/mol. The first-order valence-electron chi connectivity index (χ1n) is 6.62. The fraction of sp³-hybridized carbons (Fsp3) is 0.846. The van der Waals surface area contributed by atoms with Crippen molar-refractivity contribution in [3.05, 3.63) is 0 Å². The highest BCUT2D eigenvalue weighted by Crippen LogP contribution is 2.40. The summed E-state index contributed by atoms with van der Waals surface area (Å²) in [5.74, 6) is -0.521. The summed E-state index contributed by atoms with van der Waals surface area (Å²) in [6.07, 6.45) is 3.82. The zero-order valence-electron chi connectivity index (χ0n) is 11.1. The molecule has 2 aliphatic rings. The van der Waals surface area contributed by atoms with E-state index in [1.54, 1.807) is 13.8 Å². The molecular weight excluding hydrogens is 232 g/mol. The van der Waals surface area contributed by atoms with E-state index in [1.165, 1.54) is 0 Å². The fourth-order valence-electron chi connectivity index (χ4n) is 3.37. The van der Waals surface area contributed by atoms with Crippen molar-refractivity contribution in [3.63, 3.8) is 0 Å². The van der Waals surface area contributed by atoms with Gasteiger partial charge in [-0.05, 0) is 45.4 Å². The molecule has 0 spiro atoms. The van der Waals surface area contributed by atoms with Gasteiger partial charge in [0.15, 0.2) is 0 Å². The third-order valence-electron chi connectivity index (χ3n) is 4.08. The maximum atomic E-state index is 12.3. The van der Waals surface area contributed by atoms with Gasteiger partial charge in [-0.2, -0.15) is 0 Å². The van der Waals surface area contributed by atoms with Crippen LogP contribution in [0.15, 0.2) is 0 Å². The van der Waals surface area contributed by atoms with E-state index in [9.17, 15) is 9.59 Å². The van der Waals surface area contributed by atoms with Crippen molar-refractivity contribution in [3.8, 4) is 0 Å². The molecule has 0 saturated carbocycles. The highest BCUT2D eigenvalue weighted by molar-refractivity contribution is 5.86. The van der Waals surface area contributed by atoms with E-state index in [0.29, 0.717) is 0 Å². The number of amides is 1. The summed E-state index contributed by atoms with van der Waals surface area (Å²) >= 11 is 0. The average molecular weight is 254 g/mol. The Morgan fingerprint density at radius 2 is 1.78 bits per heavy atom. The van der Waals surface area contributed by atoms with E-state index in [2.05, 4.69) is 0 Å². The normalized spacial score (nSPS) is 31.5. The van der Waals surface area contributed by atoms with Gasteiger partial charge in [0.05, 0.1) is 5.54 Å². The molecule has 0 aromatic carbocycles. The molecule has 0 radical (unpaired) electrons. The molecule has 2 heterocycles. The number of carboxylic acids is 1. The van der Waals surface area contributed by atoms with E-state index in [-0.39, 0.29) is 30.3 Å². The number of rotatable bonds is 3. The van der Waals surface area contributed by atoms with E-state index in [1.807, 2.05) is 4.90 Å². The minimum atomic E-state index is -0.833. The van der Waals surface area contributed by atoms with Gasteiger partial charge in [-0.1, -0.05) is 0 Å². The monoisotopic (exact) mass is 254 g/mol. The molecule has 2 atom stereocenters. The Balaban J connectivity index is 2.06. The second kappa shape index (κ2) is 4.53. The largest absolute Gasteiger partial charge is 0.481 e. The number of fused-ring (bicyclic) bond motifs is 2. The number of hydrogen-bond donors (Lipinski definition) is 2. The number of carboxylic acid groups (broad SMARTS) is 1. The molecule has 0 aromatic heterocycles. The van der Waals surface area contributed by atoms with E-state index < -0.39 is 11.5 Å². The molecular formula is C13H22N2O3. The van der Waals surface area contributed by atoms with Crippen LogP contribution in [0.2, 0.25) is 0 Å². The molecule has 18 heavy (non-hydrogen) atoms. The highest BCUT2D eigenvalue weighted by Gasteiger charge is 2.46. The van der Waals surface area contributed by atoms with Gasteiger partial charge in [-0.25, -0.2) is 0 Å². The number of aliphatic carboxylic acids is 1. The second-order valence-electron chi connectivity index (χ2n) is 6.25. The third kappa shape index (κ3) is 2.51. The Morgan fingerprint density at radius 1 is 1.28 bits per heavy atom. The van der Waals surface area contributed by atoms with Gasteiger partial charge in [0.25, 0.3) is 0 Å². The lowest BCUT2D eigenvalue weighted by Gasteiger charge is -2.41. The van der Waals surface area contributed by atoms with Crippen LogP contribution < -0.4 is 5.73 Å². The average Bonchev–Trinajstić information content (AvgIpc) is 2.47. The van der Waals surface area contributed by atoms with Crippen LogP contribution in [-0.2, 0) is 9.59 Å². The zero-order chi connectivity index (χ0) is 13.5. The third-order valence-corrected chi connectivity index (χ3v) is 4.08. The van der Waals surface area contributed by atoms with Gasteiger partial charge < -0.3 is 15.7 Å². The number of carbonyl (C=O) groups is 2. The molecule has 0 aromatic rings. The lowest BCUT2D eigenvalue weighted by Crippen LogP contribution is -2.57. The molecule has 1 amide bonds. The van der Waals surface area contributed by atoms with Gasteiger partial charge in [0, 0.05) is 18.5 Å². The molecule has 2 fully saturated rings. The van der Waals surface area contributed by atoms with Crippen LogP contribution in [0.5, 0.6) is 0 Å². The smallest absolute Gasteiger partial charge is 0.303 e. The summed E-state index contributed by atoms with van der Waals surface area (Å²) in [7, 11) is 0. The summed E-state index contributed by atoms with van der Waals surface area (Å²) < 4.78 is 0. The quantitative estimate of drug-likeness (QED) is 0.786. The van der Waals surface area contributed by atoms with E-state index in [4.69, 9.17) is 10.8 Å².